The summed E-state index contributed by atoms with van der Waals surface area (Å²) in [5, 5.41) is 9.17. The monoisotopic (exact) mass is 323 g/mol. The van der Waals surface area contributed by atoms with Gasteiger partial charge >= 0.3 is 0 Å². The van der Waals surface area contributed by atoms with Crippen LogP contribution in [-0.2, 0) is 4.79 Å². The minimum Gasteiger partial charge on any atom is -0.325 e. The zero-order valence-electron chi connectivity index (χ0n) is 11.5. The van der Waals surface area contributed by atoms with Gasteiger partial charge in [0.05, 0.1) is 6.04 Å². The summed E-state index contributed by atoms with van der Waals surface area (Å²) in [4.78, 5) is 16.4. The molecule has 6 heteroatoms. The first kappa shape index (κ1) is 15.9. The lowest BCUT2D eigenvalue weighted by atomic mass is 10.0. The van der Waals surface area contributed by atoms with E-state index in [0.29, 0.717) is 0 Å². The Kier molecular flexibility index (Phi) is 5.73. The zero-order valence-corrected chi connectivity index (χ0v) is 13.2. The first-order valence-electron chi connectivity index (χ1n) is 6.87. The third kappa shape index (κ3) is 4.03. The highest BCUT2D eigenvalue weighted by molar-refractivity contribution is 7.13. The fourth-order valence-electron chi connectivity index (χ4n) is 2.37. The van der Waals surface area contributed by atoms with Crippen molar-refractivity contribution >= 4 is 35.3 Å². The van der Waals surface area contributed by atoms with Crippen LogP contribution in [0.4, 0.5) is 5.69 Å². The third-order valence-electron chi connectivity index (χ3n) is 3.46. The molecule has 1 fully saturated rings. The standard InChI is InChI=1S/C15H17N3OS.ClH/c19-14(13-3-1-2-8-16-13)18-12-6-4-11(5-7-12)15-17-9-10-20-15;/h4-7,9-10,13,16H,1-3,8H2,(H,18,19);1H. The summed E-state index contributed by atoms with van der Waals surface area (Å²) >= 11 is 1.61. The van der Waals surface area contributed by atoms with Crippen LogP contribution < -0.4 is 10.6 Å². The quantitative estimate of drug-likeness (QED) is 0.911. The normalized spacial score (nSPS) is 17.8. The van der Waals surface area contributed by atoms with Gasteiger partial charge in [-0.05, 0) is 43.7 Å². The third-order valence-corrected chi connectivity index (χ3v) is 4.28. The molecule has 1 aliphatic heterocycles. The molecular weight excluding hydrogens is 306 g/mol. The lowest BCUT2D eigenvalue weighted by molar-refractivity contribution is -0.118. The molecule has 0 radical (unpaired) electrons. The molecule has 0 saturated carbocycles. The predicted octanol–water partition coefficient (Wildman–Crippen LogP) is 3.31. The van der Waals surface area contributed by atoms with Gasteiger partial charge in [0.1, 0.15) is 5.01 Å². The van der Waals surface area contributed by atoms with Crippen LogP contribution in [0, 0.1) is 0 Å². The minimum absolute atomic E-state index is 0. The second kappa shape index (κ2) is 7.54. The lowest BCUT2D eigenvalue weighted by Crippen LogP contribution is -2.43. The number of piperidine rings is 1. The molecule has 112 valence electrons. The Morgan fingerprint density at radius 1 is 1.29 bits per heavy atom. The Balaban J connectivity index is 0.00000161. The second-order valence-corrected chi connectivity index (χ2v) is 5.80. The summed E-state index contributed by atoms with van der Waals surface area (Å²) in [6.45, 7) is 0.932. The van der Waals surface area contributed by atoms with Gasteiger partial charge in [-0.2, -0.15) is 0 Å². The number of nitrogens with zero attached hydrogens (tertiary/aromatic N) is 1. The number of anilines is 1. The number of carbonyl (C=O) groups excluding carboxylic acids is 1. The van der Waals surface area contributed by atoms with Crippen molar-refractivity contribution in [3.05, 3.63) is 35.8 Å². The number of thiazole rings is 1. The predicted molar refractivity (Wildman–Crippen MR) is 89.1 cm³/mol. The SMILES string of the molecule is Cl.O=C(Nc1ccc(-c2nccs2)cc1)C1CCCCN1. The van der Waals surface area contributed by atoms with Crippen molar-refractivity contribution in [2.24, 2.45) is 0 Å². The molecular formula is C15H18ClN3OS. The topological polar surface area (TPSA) is 54.0 Å². The van der Waals surface area contributed by atoms with Gasteiger partial charge in [-0.1, -0.05) is 6.42 Å². The van der Waals surface area contributed by atoms with Gasteiger partial charge in [0, 0.05) is 22.8 Å². The fraction of sp³-hybridized carbons (Fsp3) is 0.333. The van der Waals surface area contributed by atoms with E-state index in [2.05, 4.69) is 15.6 Å². The van der Waals surface area contributed by atoms with E-state index in [1.807, 2.05) is 29.6 Å². The van der Waals surface area contributed by atoms with Crippen LogP contribution in [0.1, 0.15) is 19.3 Å². The van der Waals surface area contributed by atoms with Crippen molar-refractivity contribution in [2.75, 3.05) is 11.9 Å². The average Bonchev–Trinajstić information content (AvgIpc) is 3.03. The number of nitrogens with one attached hydrogen (secondary N) is 2. The van der Waals surface area contributed by atoms with Crippen molar-refractivity contribution in [3.63, 3.8) is 0 Å². The van der Waals surface area contributed by atoms with Gasteiger partial charge in [0.15, 0.2) is 0 Å². The highest BCUT2D eigenvalue weighted by Gasteiger charge is 2.20. The van der Waals surface area contributed by atoms with Crippen LogP contribution >= 0.6 is 23.7 Å². The molecule has 1 atom stereocenters. The number of halogens is 1. The maximum atomic E-state index is 12.1. The summed E-state index contributed by atoms with van der Waals surface area (Å²) in [6.07, 6.45) is 4.99. The molecule has 1 aromatic heterocycles. The van der Waals surface area contributed by atoms with E-state index in [1.54, 1.807) is 17.5 Å². The van der Waals surface area contributed by atoms with E-state index in [9.17, 15) is 4.79 Å². The van der Waals surface area contributed by atoms with E-state index < -0.39 is 0 Å². The van der Waals surface area contributed by atoms with Gasteiger partial charge in [0.25, 0.3) is 0 Å². The smallest absolute Gasteiger partial charge is 0.241 e. The number of hydrogen-bond donors (Lipinski definition) is 2. The van der Waals surface area contributed by atoms with Crippen molar-refractivity contribution in [3.8, 4) is 10.6 Å². The molecule has 2 N–H and O–H groups in total. The summed E-state index contributed by atoms with van der Waals surface area (Å²) in [7, 11) is 0. The summed E-state index contributed by atoms with van der Waals surface area (Å²) < 4.78 is 0. The van der Waals surface area contributed by atoms with Gasteiger partial charge in [0.2, 0.25) is 5.91 Å². The molecule has 21 heavy (non-hydrogen) atoms. The van der Waals surface area contributed by atoms with Crippen LogP contribution in [0.3, 0.4) is 0 Å². The van der Waals surface area contributed by atoms with Crippen LogP contribution in [0.2, 0.25) is 0 Å². The molecule has 0 aliphatic carbocycles. The van der Waals surface area contributed by atoms with E-state index in [1.165, 1.54) is 0 Å². The van der Waals surface area contributed by atoms with Crippen LogP contribution in [0.15, 0.2) is 35.8 Å². The minimum atomic E-state index is -0.0533. The molecule has 1 unspecified atom stereocenters. The number of benzene rings is 1. The van der Waals surface area contributed by atoms with Crippen molar-refractivity contribution in [2.45, 2.75) is 25.3 Å². The Hall–Kier alpha value is -1.43. The molecule has 3 rings (SSSR count). The number of amides is 1. The van der Waals surface area contributed by atoms with Crippen LogP contribution in [-0.4, -0.2) is 23.5 Å². The molecule has 1 aliphatic rings. The van der Waals surface area contributed by atoms with Gasteiger partial charge in [-0.15, -0.1) is 23.7 Å². The van der Waals surface area contributed by atoms with E-state index in [4.69, 9.17) is 0 Å². The molecule has 1 amide bonds. The fourth-order valence-corrected chi connectivity index (χ4v) is 3.01. The number of carbonyl (C=O) groups is 1. The highest BCUT2D eigenvalue weighted by atomic mass is 35.5. The zero-order chi connectivity index (χ0) is 13.8. The van der Waals surface area contributed by atoms with Crippen LogP contribution in [0.5, 0.6) is 0 Å². The Labute approximate surface area is 134 Å². The first-order chi connectivity index (χ1) is 9.83. The molecule has 4 nitrogen and oxygen atoms in total. The number of rotatable bonds is 3. The maximum Gasteiger partial charge on any atom is 0.241 e. The Morgan fingerprint density at radius 3 is 2.71 bits per heavy atom. The van der Waals surface area contributed by atoms with E-state index in [0.717, 1.165) is 42.1 Å². The molecule has 1 aromatic carbocycles. The average molecular weight is 324 g/mol. The Bertz CT molecular complexity index is 565. The van der Waals surface area contributed by atoms with E-state index >= 15 is 0 Å². The molecule has 0 spiro atoms. The number of aromatic nitrogens is 1. The lowest BCUT2D eigenvalue weighted by Gasteiger charge is -2.22. The van der Waals surface area contributed by atoms with Crippen LogP contribution in [0.25, 0.3) is 10.6 Å². The van der Waals surface area contributed by atoms with Gasteiger partial charge in [-0.3, -0.25) is 4.79 Å². The molecule has 2 aromatic rings. The van der Waals surface area contributed by atoms with E-state index in [-0.39, 0.29) is 24.4 Å². The largest absolute Gasteiger partial charge is 0.325 e. The molecule has 2 heterocycles. The highest BCUT2D eigenvalue weighted by Crippen LogP contribution is 2.23. The van der Waals surface area contributed by atoms with Gasteiger partial charge in [-0.25, -0.2) is 4.98 Å². The Morgan fingerprint density at radius 2 is 2.10 bits per heavy atom. The second-order valence-electron chi connectivity index (χ2n) is 4.91. The van der Waals surface area contributed by atoms with Crippen molar-refractivity contribution in [1.29, 1.82) is 0 Å². The summed E-state index contributed by atoms with van der Waals surface area (Å²) in [6, 6.07) is 7.78. The first-order valence-corrected chi connectivity index (χ1v) is 7.75. The maximum absolute atomic E-state index is 12.1. The molecule has 1 saturated heterocycles. The van der Waals surface area contributed by atoms with Crippen molar-refractivity contribution in [1.82, 2.24) is 10.3 Å². The van der Waals surface area contributed by atoms with Crippen molar-refractivity contribution < 1.29 is 4.79 Å². The number of hydrogen-bond acceptors (Lipinski definition) is 4. The molecule has 0 bridgehead atoms. The van der Waals surface area contributed by atoms with Gasteiger partial charge < -0.3 is 10.6 Å². The summed E-state index contributed by atoms with van der Waals surface area (Å²) in [5.41, 5.74) is 1.91. The summed E-state index contributed by atoms with van der Waals surface area (Å²) in [5.74, 6) is 0.0618.